The van der Waals surface area contributed by atoms with Crippen LogP contribution in [-0.4, -0.2) is 16.0 Å². The number of carbonyl (C=O) groups is 1. The summed E-state index contributed by atoms with van der Waals surface area (Å²) in [6.07, 6.45) is 0.459. The Balaban J connectivity index is 2.02. The van der Waals surface area contributed by atoms with Crippen LogP contribution in [0.25, 0.3) is 0 Å². The number of H-pyrrole nitrogens is 1. The number of aliphatic hydroxyl groups excluding tert-OH is 1. The van der Waals surface area contributed by atoms with Crippen LogP contribution >= 0.6 is 23.2 Å². The van der Waals surface area contributed by atoms with Gasteiger partial charge in [0.2, 0.25) is 0 Å². The Labute approximate surface area is 120 Å². The van der Waals surface area contributed by atoms with Crippen molar-refractivity contribution in [3.05, 3.63) is 57.8 Å². The second kappa shape index (κ2) is 6.10. The van der Waals surface area contributed by atoms with Crippen LogP contribution in [0.15, 0.2) is 36.5 Å². The summed E-state index contributed by atoms with van der Waals surface area (Å²) < 4.78 is 0. The van der Waals surface area contributed by atoms with Gasteiger partial charge >= 0.3 is 0 Å². The Bertz CT molecular complexity index is 550. The van der Waals surface area contributed by atoms with Crippen molar-refractivity contribution in [1.82, 2.24) is 10.3 Å². The van der Waals surface area contributed by atoms with Crippen molar-refractivity contribution in [2.75, 3.05) is 0 Å². The molecular formula is C13H12Cl2N2O2. The number of hydrogen-bond acceptors (Lipinski definition) is 2. The van der Waals surface area contributed by atoms with E-state index in [2.05, 4.69) is 10.3 Å². The standard InChI is InChI=1S/C13H12Cl2N2O2/c14-9-4-8(5-10(15)6-9)12(18)13(19)17-7-11-2-1-3-16-11/h1-6,12,16,18H,7H2,(H,17,19)/t12-/m1/s1. The normalized spacial score (nSPS) is 12.2. The number of aromatic nitrogens is 1. The first-order chi connectivity index (χ1) is 9.06. The minimum absolute atomic E-state index is 0.317. The van der Waals surface area contributed by atoms with Crippen LogP contribution in [0.1, 0.15) is 17.4 Å². The Kier molecular flexibility index (Phi) is 4.47. The van der Waals surface area contributed by atoms with E-state index in [1.165, 1.54) is 18.2 Å². The molecule has 0 radical (unpaired) electrons. The van der Waals surface area contributed by atoms with Gasteiger partial charge in [0.15, 0.2) is 6.10 Å². The van der Waals surface area contributed by atoms with E-state index in [4.69, 9.17) is 23.2 Å². The van der Waals surface area contributed by atoms with E-state index < -0.39 is 12.0 Å². The zero-order chi connectivity index (χ0) is 13.8. The summed E-state index contributed by atoms with van der Waals surface area (Å²) in [5, 5.41) is 13.3. The molecule has 0 aliphatic heterocycles. The monoisotopic (exact) mass is 298 g/mol. The van der Waals surface area contributed by atoms with Gasteiger partial charge in [0.1, 0.15) is 0 Å². The molecule has 0 bridgehead atoms. The number of hydrogen-bond donors (Lipinski definition) is 3. The molecule has 3 N–H and O–H groups in total. The van der Waals surface area contributed by atoms with Crippen LogP contribution in [0.5, 0.6) is 0 Å². The molecule has 19 heavy (non-hydrogen) atoms. The SMILES string of the molecule is O=C(NCc1ccc[nH]1)[C@H](O)c1cc(Cl)cc(Cl)c1. The van der Waals surface area contributed by atoms with Gasteiger partial charge in [0.25, 0.3) is 5.91 Å². The van der Waals surface area contributed by atoms with Gasteiger partial charge in [0.05, 0.1) is 6.54 Å². The summed E-state index contributed by atoms with van der Waals surface area (Å²) in [6, 6.07) is 8.21. The molecule has 1 aromatic carbocycles. The number of amides is 1. The highest BCUT2D eigenvalue weighted by atomic mass is 35.5. The van der Waals surface area contributed by atoms with Crippen LogP contribution in [-0.2, 0) is 11.3 Å². The van der Waals surface area contributed by atoms with E-state index in [-0.39, 0.29) is 0 Å². The van der Waals surface area contributed by atoms with Crippen molar-refractivity contribution >= 4 is 29.1 Å². The maximum absolute atomic E-state index is 11.8. The van der Waals surface area contributed by atoms with Crippen molar-refractivity contribution in [2.24, 2.45) is 0 Å². The third-order valence-corrected chi connectivity index (χ3v) is 3.00. The maximum atomic E-state index is 11.8. The van der Waals surface area contributed by atoms with E-state index >= 15 is 0 Å². The van der Waals surface area contributed by atoms with Gasteiger partial charge in [-0.25, -0.2) is 0 Å². The lowest BCUT2D eigenvalue weighted by molar-refractivity contribution is -0.129. The Morgan fingerprint density at radius 3 is 2.58 bits per heavy atom. The lowest BCUT2D eigenvalue weighted by Crippen LogP contribution is -2.28. The summed E-state index contributed by atoms with van der Waals surface area (Å²) >= 11 is 11.6. The summed E-state index contributed by atoms with van der Waals surface area (Å²) in [6.45, 7) is 0.317. The molecule has 4 nitrogen and oxygen atoms in total. The minimum atomic E-state index is -1.30. The first-order valence-electron chi connectivity index (χ1n) is 5.60. The second-order valence-corrected chi connectivity index (χ2v) is 4.89. The average molecular weight is 299 g/mol. The average Bonchev–Trinajstić information content (AvgIpc) is 2.87. The van der Waals surface area contributed by atoms with E-state index in [9.17, 15) is 9.90 Å². The molecule has 0 spiro atoms. The fourth-order valence-electron chi connectivity index (χ4n) is 1.64. The van der Waals surface area contributed by atoms with Crippen molar-refractivity contribution in [1.29, 1.82) is 0 Å². The molecule has 1 atom stereocenters. The molecule has 0 saturated heterocycles. The third-order valence-electron chi connectivity index (χ3n) is 2.56. The molecule has 0 aliphatic carbocycles. The topological polar surface area (TPSA) is 65.1 Å². The molecule has 2 rings (SSSR count). The quantitative estimate of drug-likeness (QED) is 0.812. The second-order valence-electron chi connectivity index (χ2n) is 4.02. The van der Waals surface area contributed by atoms with Gasteiger partial charge in [-0.3, -0.25) is 4.79 Å². The van der Waals surface area contributed by atoms with Gasteiger partial charge in [-0.05, 0) is 35.9 Å². The zero-order valence-corrected chi connectivity index (χ0v) is 11.4. The van der Waals surface area contributed by atoms with Crippen LogP contribution < -0.4 is 5.32 Å². The largest absolute Gasteiger partial charge is 0.378 e. The van der Waals surface area contributed by atoms with Gasteiger partial charge < -0.3 is 15.4 Å². The van der Waals surface area contributed by atoms with Crippen LogP contribution in [0.4, 0.5) is 0 Å². The van der Waals surface area contributed by atoms with Gasteiger partial charge in [-0.15, -0.1) is 0 Å². The summed E-state index contributed by atoms with van der Waals surface area (Å²) in [4.78, 5) is 14.8. The molecule has 1 aromatic heterocycles. The first-order valence-corrected chi connectivity index (χ1v) is 6.36. The summed E-state index contributed by atoms with van der Waals surface area (Å²) in [5.74, 6) is -0.507. The highest BCUT2D eigenvalue weighted by Gasteiger charge is 2.18. The highest BCUT2D eigenvalue weighted by molar-refractivity contribution is 6.34. The van der Waals surface area contributed by atoms with Crippen LogP contribution in [0.2, 0.25) is 10.0 Å². The molecule has 0 aliphatic rings. The van der Waals surface area contributed by atoms with Crippen molar-refractivity contribution in [3.63, 3.8) is 0 Å². The predicted molar refractivity (Wildman–Crippen MR) is 74.1 cm³/mol. The first kappa shape index (κ1) is 13.9. The van der Waals surface area contributed by atoms with Crippen molar-refractivity contribution in [3.8, 4) is 0 Å². The maximum Gasteiger partial charge on any atom is 0.253 e. The molecule has 0 fully saturated rings. The fraction of sp³-hybridized carbons (Fsp3) is 0.154. The minimum Gasteiger partial charge on any atom is -0.378 e. The number of halogens is 2. The molecule has 0 unspecified atom stereocenters. The molecule has 1 amide bonds. The molecule has 100 valence electrons. The third kappa shape index (κ3) is 3.73. The van der Waals surface area contributed by atoms with Gasteiger partial charge in [0, 0.05) is 21.9 Å². The smallest absolute Gasteiger partial charge is 0.253 e. The lowest BCUT2D eigenvalue weighted by Gasteiger charge is -2.12. The number of aliphatic hydroxyl groups is 1. The number of nitrogens with one attached hydrogen (secondary N) is 2. The van der Waals surface area contributed by atoms with Crippen LogP contribution in [0, 0.1) is 0 Å². The number of aromatic amines is 1. The molecule has 0 saturated carbocycles. The Morgan fingerprint density at radius 1 is 1.32 bits per heavy atom. The number of benzene rings is 1. The van der Waals surface area contributed by atoms with Crippen molar-refractivity contribution < 1.29 is 9.90 Å². The van der Waals surface area contributed by atoms with E-state index in [0.29, 0.717) is 22.2 Å². The summed E-state index contributed by atoms with van der Waals surface area (Å²) in [7, 11) is 0. The van der Waals surface area contributed by atoms with Gasteiger partial charge in [-0.2, -0.15) is 0 Å². The fourth-order valence-corrected chi connectivity index (χ4v) is 2.18. The molecule has 2 aromatic rings. The lowest BCUT2D eigenvalue weighted by atomic mass is 10.1. The van der Waals surface area contributed by atoms with Gasteiger partial charge in [-0.1, -0.05) is 23.2 Å². The summed E-state index contributed by atoms with van der Waals surface area (Å²) in [5.41, 5.74) is 1.21. The highest BCUT2D eigenvalue weighted by Crippen LogP contribution is 2.23. The van der Waals surface area contributed by atoms with E-state index in [1.54, 1.807) is 6.20 Å². The number of carbonyl (C=O) groups excluding carboxylic acids is 1. The zero-order valence-electron chi connectivity index (χ0n) is 9.86. The molecule has 1 heterocycles. The predicted octanol–water partition coefficient (Wildman–Crippen LogP) is 2.67. The van der Waals surface area contributed by atoms with Crippen LogP contribution in [0.3, 0.4) is 0 Å². The molecule has 6 heteroatoms. The van der Waals surface area contributed by atoms with E-state index in [0.717, 1.165) is 5.69 Å². The van der Waals surface area contributed by atoms with E-state index in [1.807, 2.05) is 12.1 Å². The Morgan fingerprint density at radius 2 is 2.00 bits per heavy atom. The number of rotatable bonds is 4. The molecular weight excluding hydrogens is 287 g/mol. The van der Waals surface area contributed by atoms with Crippen molar-refractivity contribution in [2.45, 2.75) is 12.6 Å². The Hall–Kier alpha value is -1.49.